The van der Waals surface area contributed by atoms with Gasteiger partial charge in [0.1, 0.15) is 11.5 Å². The van der Waals surface area contributed by atoms with Gasteiger partial charge in [-0.3, -0.25) is 4.79 Å². The number of hydrogen-bond donors (Lipinski definition) is 1. The Bertz CT molecular complexity index is 824. The smallest absolute Gasteiger partial charge is 0.344 e. The van der Waals surface area contributed by atoms with Crippen LogP contribution in [0.25, 0.3) is 0 Å². The van der Waals surface area contributed by atoms with E-state index in [0.29, 0.717) is 23.8 Å². The van der Waals surface area contributed by atoms with Gasteiger partial charge in [-0.25, -0.2) is 4.79 Å². The van der Waals surface area contributed by atoms with Gasteiger partial charge in [0.2, 0.25) is 0 Å². The summed E-state index contributed by atoms with van der Waals surface area (Å²) in [6, 6.07) is 11.1. The molecular formula is C22H27NO5. The summed E-state index contributed by atoms with van der Waals surface area (Å²) in [5.74, 6) is 0.166. The van der Waals surface area contributed by atoms with E-state index in [9.17, 15) is 9.59 Å². The normalized spacial score (nSPS) is 11.5. The molecule has 2 aromatic carbocycles. The average Bonchev–Trinajstić information content (AvgIpc) is 2.62. The van der Waals surface area contributed by atoms with Gasteiger partial charge in [0.05, 0.1) is 12.3 Å². The van der Waals surface area contributed by atoms with Crippen molar-refractivity contribution in [3.05, 3.63) is 53.1 Å². The zero-order chi connectivity index (χ0) is 20.7. The molecule has 0 fully saturated rings. The Balaban J connectivity index is 1.91. The maximum absolute atomic E-state index is 12.3. The summed E-state index contributed by atoms with van der Waals surface area (Å²) in [5, 5.41) is 2.72. The van der Waals surface area contributed by atoms with Crippen molar-refractivity contribution >= 4 is 17.6 Å². The maximum atomic E-state index is 12.3. The fourth-order valence-electron chi connectivity index (χ4n) is 2.90. The standard InChI is InChI=1S/C22H27NO5/c1-6-26-19-10-8-7-9-18(19)23-22(25)17(5)28-20(24)13-27-21-15(3)11-14(2)12-16(21)4/h7-12,17H,6,13H2,1-5H3,(H,23,25)/t17-/m1/s1. The minimum absolute atomic E-state index is 0.266. The number of anilines is 1. The molecule has 150 valence electrons. The number of hydrogen-bond acceptors (Lipinski definition) is 5. The van der Waals surface area contributed by atoms with E-state index in [-0.39, 0.29) is 6.61 Å². The number of rotatable bonds is 8. The minimum Gasteiger partial charge on any atom is -0.492 e. The molecule has 0 radical (unpaired) electrons. The molecular weight excluding hydrogens is 358 g/mol. The SMILES string of the molecule is CCOc1ccccc1NC(=O)[C@@H](C)OC(=O)COc1c(C)cc(C)cc1C. The summed E-state index contributed by atoms with van der Waals surface area (Å²) in [7, 11) is 0. The van der Waals surface area contributed by atoms with Crippen molar-refractivity contribution in [2.75, 3.05) is 18.5 Å². The Morgan fingerprint density at radius 1 is 1.04 bits per heavy atom. The van der Waals surface area contributed by atoms with Crippen molar-refractivity contribution in [3.8, 4) is 11.5 Å². The first-order valence-electron chi connectivity index (χ1n) is 9.24. The second kappa shape index (κ2) is 9.78. The first kappa shape index (κ1) is 21.3. The molecule has 0 heterocycles. The zero-order valence-electron chi connectivity index (χ0n) is 17.0. The van der Waals surface area contributed by atoms with Crippen molar-refractivity contribution < 1.29 is 23.8 Å². The molecule has 0 aromatic heterocycles. The van der Waals surface area contributed by atoms with Crippen molar-refractivity contribution in [3.63, 3.8) is 0 Å². The summed E-state index contributed by atoms with van der Waals surface area (Å²) in [4.78, 5) is 24.4. The van der Waals surface area contributed by atoms with Crippen LogP contribution in [0.15, 0.2) is 36.4 Å². The molecule has 6 heteroatoms. The Morgan fingerprint density at radius 3 is 2.32 bits per heavy atom. The topological polar surface area (TPSA) is 73.9 Å². The number of benzene rings is 2. The van der Waals surface area contributed by atoms with E-state index < -0.39 is 18.0 Å². The van der Waals surface area contributed by atoms with Crippen LogP contribution in [-0.4, -0.2) is 31.2 Å². The highest BCUT2D eigenvalue weighted by atomic mass is 16.6. The summed E-state index contributed by atoms with van der Waals surface area (Å²) in [6.07, 6.45) is -0.967. The lowest BCUT2D eigenvalue weighted by molar-refractivity contribution is -0.155. The van der Waals surface area contributed by atoms with Crippen LogP contribution in [0.5, 0.6) is 11.5 Å². The van der Waals surface area contributed by atoms with Gasteiger partial charge in [-0.2, -0.15) is 0 Å². The average molecular weight is 385 g/mol. The van der Waals surface area contributed by atoms with E-state index in [1.165, 1.54) is 6.92 Å². The van der Waals surface area contributed by atoms with E-state index in [4.69, 9.17) is 14.2 Å². The fraction of sp³-hybridized carbons (Fsp3) is 0.364. The van der Waals surface area contributed by atoms with Gasteiger partial charge in [0, 0.05) is 0 Å². The van der Waals surface area contributed by atoms with Gasteiger partial charge in [-0.05, 0) is 57.9 Å². The number of amides is 1. The molecule has 0 aliphatic carbocycles. The first-order valence-corrected chi connectivity index (χ1v) is 9.24. The molecule has 0 spiro atoms. The van der Waals surface area contributed by atoms with Crippen LogP contribution in [0.1, 0.15) is 30.5 Å². The predicted molar refractivity (Wildman–Crippen MR) is 108 cm³/mol. The lowest BCUT2D eigenvalue weighted by Crippen LogP contribution is -2.31. The van der Waals surface area contributed by atoms with Gasteiger partial charge in [0.25, 0.3) is 5.91 Å². The Kier molecular flexibility index (Phi) is 7.44. The number of carbonyl (C=O) groups excluding carboxylic acids is 2. The molecule has 6 nitrogen and oxygen atoms in total. The van der Waals surface area contributed by atoms with E-state index in [1.54, 1.807) is 18.2 Å². The quantitative estimate of drug-likeness (QED) is 0.696. The maximum Gasteiger partial charge on any atom is 0.344 e. The fourth-order valence-corrected chi connectivity index (χ4v) is 2.90. The summed E-state index contributed by atoms with van der Waals surface area (Å²) >= 11 is 0. The number of carbonyl (C=O) groups is 2. The third-order valence-electron chi connectivity index (χ3n) is 4.06. The Hall–Kier alpha value is -3.02. The molecule has 1 N–H and O–H groups in total. The predicted octanol–water partition coefficient (Wildman–Crippen LogP) is 3.96. The highest BCUT2D eigenvalue weighted by molar-refractivity contribution is 5.96. The summed E-state index contributed by atoms with van der Waals surface area (Å²) < 4.78 is 16.3. The molecule has 1 amide bonds. The van der Waals surface area contributed by atoms with Gasteiger partial charge in [-0.1, -0.05) is 29.8 Å². The molecule has 2 rings (SSSR count). The van der Waals surface area contributed by atoms with Crippen LogP contribution in [0.4, 0.5) is 5.69 Å². The molecule has 0 aliphatic rings. The molecule has 0 bridgehead atoms. The zero-order valence-corrected chi connectivity index (χ0v) is 17.0. The van der Waals surface area contributed by atoms with E-state index in [0.717, 1.165) is 16.7 Å². The molecule has 0 saturated carbocycles. The van der Waals surface area contributed by atoms with Crippen LogP contribution in [-0.2, 0) is 14.3 Å². The molecule has 1 atom stereocenters. The lowest BCUT2D eigenvalue weighted by Gasteiger charge is -2.16. The Labute approximate surface area is 165 Å². The van der Waals surface area contributed by atoms with Crippen molar-refractivity contribution in [1.82, 2.24) is 0 Å². The van der Waals surface area contributed by atoms with Crippen molar-refractivity contribution in [1.29, 1.82) is 0 Å². The highest BCUT2D eigenvalue weighted by Crippen LogP contribution is 2.25. The number of nitrogens with one attached hydrogen (secondary N) is 1. The van der Waals surface area contributed by atoms with Crippen LogP contribution in [0.3, 0.4) is 0 Å². The van der Waals surface area contributed by atoms with Gasteiger partial charge < -0.3 is 19.5 Å². The lowest BCUT2D eigenvalue weighted by atomic mass is 10.1. The summed E-state index contributed by atoms with van der Waals surface area (Å²) in [6.45, 7) is 9.44. The van der Waals surface area contributed by atoms with E-state index >= 15 is 0 Å². The molecule has 0 saturated heterocycles. The number of ether oxygens (including phenoxy) is 3. The van der Waals surface area contributed by atoms with E-state index in [2.05, 4.69) is 5.32 Å². The van der Waals surface area contributed by atoms with Gasteiger partial charge >= 0.3 is 5.97 Å². The second-order valence-electron chi connectivity index (χ2n) is 6.57. The van der Waals surface area contributed by atoms with Crippen LogP contribution < -0.4 is 14.8 Å². The molecule has 0 aliphatic heterocycles. The second-order valence-corrected chi connectivity index (χ2v) is 6.57. The van der Waals surface area contributed by atoms with E-state index in [1.807, 2.05) is 45.9 Å². The van der Waals surface area contributed by atoms with Gasteiger partial charge in [0.15, 0.2) is 12.7 Å². The van der Waals surface area contributed by atoms with Crippen LogP contribution in [0.2, 0.25) is 0 Å². The number of para-hydroxylation sites is 2. The molecule has 0 unspecified atom stereocenters. The van der Waals surface area contributed by atoms with Gasteiger partial charge in [-0.15, -0.1) is 0 Å². The van der Waals surface area contributed by atoms with Crippen LogP contribution in [0, 0.1) is 20.8 Å². The number of esters is 1. The molecule has 2 aromatic rings. The van der Waals surface area contributed by atoms with Crippen molar-refractivity contribution in [2.24, 2.45) is 0 Å². The number of aryl methyl sites for hydroxylation is 3. The minimum atomic E-state index is -0.967. The van der Waals surface area contributed by atoms with Crippen LogP contribution >= 0.6 is 0 Å². The third kappa shape index (κ3) is 5.74. The largest absolute Gasteiger partial charge is 0.492 e. The monoisotopic (exact) mass is 385 g/mol. The molecule has 28 heavy (non-hydrogen) atoms. The van der Waals surface area contributed by atoms with Crippen molar-refractivity contribution in [2.45, 2.75) is 40.7 Å². The Morgan fingerprint density at radius 2 is 1.68 bits per heavy atom. The highest BCUT2D eigenvalue weighted by Gasteiger charge is 2.20. The first-order chi connectivity index (χ1) is 13.3. The third-order valence-corrected chi connectivity index (χ3v) is 4.06. The summed E-state index contributed by atoms with van der Waals surface area (Å²) in [5.41, 5.74) is 3.55.